The van der Waals surface area contributed by atoms with Gasteiger partial charge < -0.3 is 10.6 Å². The first kappa shape index (κ1) is 12.1. The minimum atomic E-state index is 1.03. The number of nitrogens with one attached hydrogen (secondary N) is 2. The summed E-state index contributed by atoms with van der Waals surface area (Å²) in [5.41, 5.74) is 5.33. The molecule has 15 heavy (non-hydrogen) atoms. The lowest BCUT2D eigenvalue weighted by molar-refractivity contribution is 0.747. The van der Waals surface area contributed by atoms with Gasteiger partial charge in [-0.05, 0) is 51.9 Å². The molecular weight excluding hydrogens is 184 g/mol. The van der Waals surface area contributed by atoms with E-state index in [1.54, 1.807) is 0 Å². The Labute approximate surface area is 93.1 Å². The normalized spacial score (nSPS) is 10.4. The van der Waals surface area contributed by atoms with Crippen molar-refractivity contribution < 1.29 is 0 Å². The number of rotatable bonds is 5. The van der Waals surface area contributed by atoms with Gasteiger partial charge in [0.15, 0.2) is 0 Å². The minimum Gasteiger partial charge on any atom is -0.385 e. The molecule has 2 N–H and O–H groups in total. The summed E-state index contributed by atoms with van der Waals surface area (Å²) in [7, 11) is 1.99. The van der Waals surface area contributed by atoms with Gasteiger partial charge in [0.05, 0.1) is 0 Å². The van der Waals surface area contributed by atoms with E-state index in [2.05, 4.69) is 43.5 Å². The zero-order valence-electron chi connectivity index (χ0n) is 10.3. The summed E-state index contributed by atoms with van der Waals surface area (Å²) in [5.74, 6) is 0. The van der Waals surface area contributed by atoms with Gasteiger partial charge in [-0.25, -0.2) is 0 Å². The molecule has 0 bridgehead atoms. The van der Waals surface area contributed by atoms with Crippen molar-refractivity contribution in [1.29, 1.82) is 0 Å². The van der Waals surface area contributed by atoms with E-state index in [0.29, 0.717) is 0 Å². The summed E-state index contributed by atoms with van der Waals surface area (Å²) < 4.78 is 0. The van der Waals surface area contributed by atoms with Crippen LogP contribution >= 0.6 is 0 Å². The molecule has 1 rings (SSSR count). The third-order valence-corrected chi connectivity index (χ3v) is 2.58. The lowest BCUT2D eigenvalue weighted by Gasteiger charge is -2.13. The van der Waals surface area contributed by atoms with Gasteiger partial charge in [-0.15, -0.1) is 0 Å². The first-order valence-electron chi connectivity index (χ1n) is 5.61. The SMILES string of the molecule is CNCCCNc1c(C)cc(C)cc1C. The number of benzene rings is 1. The predicted molar refractivity (Wildman–Crippen MR) is 67.7 cm³/mol. The van der Waals surface area contributed by atoms with Gasteiger partial charge in [-0.3, -0.25) is 0 Å². The molecule has 0 amide bonds. The largest absolute Gasteiger partial charge is 0.385 e. The molecular formula is C13H22N2. The molecule has 0 heterocycles. The average molecular weight is 206 g/mol. The highest BCUT2D eigenvalue weighted by Crippen LogP contribution is 2.21. The Kier molecular flexibility index (Phi) is 4.63. The van der Waals surface area contributed by atoms with Gasteiger partial charge in [-0.1, -0.05) is 17.7 Å². The van der Waals surface area contributed by atoms with Crippen molar-refractivity contribution >= 4 is 5.69 Å². The maximum absolute atomic E-state index is 3.50. The highest BCUT2D eigenvalue weighted by atomic mass is 14.9. The van der Waals surface area contributed by atoms with E-state index in [0.717, 1.165) is 19.5 Å². The van der Waals surface area contributed by atoms with Crippen molar-refractivity contribution in [2.75, 3.05) is 25.5 Å². The van der Waals surface area contributed by atoms with Crippen molar-refractivity contribution in [2.45, 2.75) is 27.2 Å². The summed E-state index contributed by atoms with van der Waals surface area (Å²) in [5, 5.41) is 6.66. The second-order valence-corrected chi connectivity index (χ2v) is 4.16. The van der Waals surface area contributed by atoms with Gasteiger partial charge in [0.25, 0.3) is 0 Å². The third-order valence-electron chi connectivity index (χ3n) is 2.58. The highest BCUT2D eigenvalue weighted by molar-refractivity contribution is 5.58. The van der Waals surface area contributed by atoms with Crippen LogP contribution in [0.1, 0.15) is 23.1 Å². The first-order valence-corrected chi connectivity index (χ1v) is 5.61. The molecule has 0 spiro atoms. The Morgan fingerprint density at radius 3 is 2.13 bits per heavy atom. The molecule has 0 aliphatic carbocycles. The summed E-state index contributed by atoms with van der Waals surface area (Å²) in [6.07, 6.45) is 1.16. The Morgan fingerprint density at radius 2 is 1.60 bits per heavy atom. The lowest BCUT2D eigenvalue weighted by atomic mass is 10.1. The molecule has 0 saturated carbocycles. The molecule has 0 aromatic heterocycles. The fraction of sp³-hybridized carbons (Fsp3) is 0.538. The lowest BCUT2D eigenvalue weighted by Crippen LogP contribution is -2.13. The second kappa shape index (κ2) is 5.76. The summed E-state index contributed by atoms with van der Waals surface area (Å²) in [6, 6.07) is 4.46. The van der Waals surface area contributed by atoms with Crippen LogP contribution in [0.25, 0.3) is 0 Å². The minimum absolute atomic E-state index is 1.03. The van der Waals surface area contributed by atoms with E-state index in [4.69, 9.17) is 0 Å². The quantitative estimate of drug-likeness (QED) is 0.724. The number of anilines is 1. The molecule has 2 heteroatoms. The van der Waals surface area contributed by atoms with E-state index in [1.165, 1.54) is 22.4 Å². The Bertz CT molecular complexity index is 295. The van der Waals surface area contributed by atoms with Gasteiger partial charge in [0, 0.05) is 12.2 Å². The molecule has 84 valence electrons. The maximum atomic E-state index is 3.50. The van der Waals surface area contributed by atoms with Crippen molar-refractivity contribution in [3.05, 3.63) is 28.8 Å². The number of aryl methyl sites for hydroxylation is 3. The van der Waals surface area contributed by atoms with E-state index >= 15 is 0 Å². The predicted octanol–water partition coefficient (Wildman–Crippen LogP) is 2.63. The summed E-state index contributed by atoms with van der Waals surface area (Å²) in [4.78, 5) is 0. The zero-order chi connectivity index (χ0) is 11.3. The molecule has 1 aromatic carbocycles. The molecule has 0 radical (unpaired) electrons. The maximum Gasteiger partial charge on any atom is 0.0399 e. The van der Waals surface area contributed by atoms with Crippen LogP contribution in [0.3, 0.4) is 0 Å². The number of hydrogen-bond acceptors (Lipinski definition) is 2. The van der Waals surface area contributed by atoms with E-state index < -0.39 is 0 Å². The van der Waals surface area contributed by atoms with Gasteiger partial charge in [0.1, 0.15) is 0 Å². The van der Waals surface area contributed by atoms with Gasteiger partial charge in [-0.2, -0.15) is 0 Å². The van der Waals surface area contributed by atoms with Crippen LogP contribution in [0, 0.1) is 20.8 Å². The zero-order valence-corrected chi connectivity index (χ0v) is 10.3. The van der Waals surface area contributed by atoms with Crippen molar-refractivity contribution in [2.24, 2.45) is 0 Å². The molecule has 0 aliphatic rings. The van der Waals surface area contributed by atoms with E-state index in [-0.39, 0.29) is 0 Å². The molecule has 0 unspecified atom stereocenters. The van der Waals surface area contributed by atoms with Crippen molar-refractivity contribution in [3.63, 3.8) is 0 Å². The standard InChI is InChI=1S/C13H22N2/c1-10-8-11(2)13(12(3)9-10)15-7-5-6-14-4/h8-9,14-15H,5-7H2,1-4H3. The van der Waals surface area contributed by atoms with Crippen LogP contribution in [0.2, 0.25) is 0 Å². The molecule has 0 atom stereocenters. The van der Waals surface area contributed by atoms with Crippen molar-refractivity contribution in [3.8, 4) is 0 Å². The molecule has 0 saturated heterocycles. The van der Waals surface area contributed by atoms with Crippen LogP contribution in [-0.4, -0.2) is 20.1 Å². The summed E-state index contributed by atoms with van der Waals surface area (Å²) in [6.45, 7) is 8.58. The van der Waals surface area contributed by atoms with Crippen molar-refractivity contribution in [1.82, 2.24) is 5.32 Å². The fourth-order valence-electron chi connectivity index (χ4n) is 1.94. The van der Waals surface area contributed by atoms with Crippen LogP contribution < -0.4 is 10.6 Å². The molecule has 0 fully saturated rings. The smallest absolute Gasteiger partial charge is 0.0399 e. The molecule has 2 nitrogen and oxygen atoms in total. The van der Waals surface area contributed by atoms with Gasteiger partial charge in [0.2, 0.25) is 0 Å². The van der Waals surface area contributed by atoms with Crippen LogP contribution in [0.5, 0.6) is 0 Å². The third kappa shape index (κ3) is 3.56. The van der Waals surface area contributed by atoms with E-state index in [9.17, 15) is 0 Å². The average Bonchev–Trinajstić information content (AvgIpc) is 2.15. The Hall–Kier alpha value is -1.02. The Morgan fingerprint density at radius 1 is 1.00 bits per heavy atom. The summed E-state index contributed by atoms with van der Waals surface area (Å²) >= 11 is 0. The highest BCUT2D eigenvalue weighted by Gasteiger charge is 2.02. The Balaban J connectivity index is 2.60. The number of hydrogen-bond donors (Lipinski definition) is 2. The van der Waals surface area contributed by atoms with Crippen LogP contribution in [0.15, 0.2) is 12.1 Å². The van der Waals surface area contributed by atoms with Crippen LogP contribution in [-0.2, 0) is 0 Å². The van der Waals surface area contributed by atoms with E-state index in [1.807, 2.05) is 7.05 Å². The first-order chi connectivity index (χ1) is 7.15. The molecule has 1 aromatic rings. The monoisotopic (exact) mass is 206 g/mol. The van der Waals surface area contributed by atoms with Gasteiger partial charge >= 0.3 is 0 Å². The topological polar surface area (TPSA) is 24.1 Å². The second-order valence-electron chi connectivity index (χ2n) is 4.16. The van der Waals surface area contributed by atoms with Crippen LogP contribution in [0.4, 0.5) is 5.69 Å². The molecule has 0 aliphatic heterocycles. The fourth-order valence-corrected chi connectivity index (χ4v) is 1.94.